The van der Waals surface area contributed by atoms with Crippen LogP contribution in [0.1, 0.15) is 16.7 Å². The molecule has 1 aliphatic rings. The second-order valence-corrected chi connectivity index (χ2v) is 6.79. The van der Waals surface area contributed by atoms with Gasteiger partial charge in [-0.3, -0.25) is 4.79 Å². The molecule has 0 spiro atoms. The minimum absolute atomic E-state index is 0.285. The van der Waals surface area contributed by atoms with Gasteiger partial charge in [0.2, 0.25) is 5.75 Å². The molecule has 0 radical (unpaired) electrons. The molecule has 31 heavy (non-hydrogen) atoms. The van der Waals surface area contributed by atoms with Gasteiger partial charge in [-0.05, 0) is 23.3 Å². The van der Waals surface area contributed by atoms with E-state index in [1.54, 1.807) is 18.3 Å². The fraction of sp³-hybridized carbons (Fsp3) is 0.125. The van der Waals surface area contributed by atoms with Crippen LogP contribution in [-0.2, 0) is 4.79 Å². The summed E-state index contributed by atoms with van der Waals surface area (Å²) in [5, 5.41) is 8.82. The summed E-state index contributed by atoms with van der Waals surface area (Å²) in [6.45, 7) is -0.285. The van der Waals surface area contributed by atoms with Crippen molar-refractivity contribution in [2.45, 2.75) is 0 Å². The zero-order valence-electron chi connectivity index (χ0n) is 17.2. The summed E-state index contributed by atoms with van der Waals surface area (Å²) in [5.41, 5.74) is 11.1. The Bertz CT molecular complexity index is 1130. The highest BCUT2D eigenvalue weighted by atomic mass is 16.5. The number of carbonyl (C=O) groups is 1. The maximum absolute atomic E-state index is 11.1. The molecule has 0 aromatic heterocycles. The van der Waals surface area contributed by atoms with Gasteiger partial charge in [0, 0.05) is 16.7 Å². The van der Waals surface area contributed by atoms with Crippen LogP contribution in [-0.4, -0.2) is 38.7 Å². The highest BCUT2D eigenvalue weighted by molar-refractivity contribution is 6.24. The lowest BCUT2D eigenvalue weighted by molar-refractivity contribution is -0.120. The van der Waals surface area contributed by atoms with Gasteiger partial charge in [0.15, 0.2) is 18.1 Å². The van der Waals surface area contributed by atoms with E-state index >= 15 is 0 Å². The minimum Gasteiger partial charge on any atom is -0.493 e. The maximum Gasteiger partial charge on any atom is 0.255 e. The number of ether oxygens (including phenoxy) is 3. The SMILES string of the molecule is COc1cc(/C=N\N=C2c3ccccc3-c3ccccc32)cc(OC)c1OCC(N)=O. The van der Waals surface area contributed by atoms with Crippen molar-refractivity contribution in [3.8, 4) is 28.4 Å². The van der Waals surface area contributed by atoms with Gasteiger partial charge in [-0.2, -0.15) is 5.10 Å². The van der Waals surface area contributed by atoms with E-state index in [1.165, 1.54) is 14.2 Å². The van der Waals surface area contributed by atoms with E-state index < -0.39 is 5.91 Å². The van der Waals surface area contributed by atoms with Crippen molar-refractivity contribution in [2.24, 2.45) is 15.9 Å². The Balaban J connectivity index is 1.68. The highest BCUT2D eigenvalue weighted by Crippen LogP contribution is 2.39. The predicted octanol–water partition coefficient (Wildman–Crippen LogP) is 3.42. The number of primary amides is 1. The molecule has 3 aromatic rings. The average molecular weight is 415 g/mol. The number of benzene rings is 3. The summed E-state index contributed by atoms with van der Waals surface area (Å²) in [7, 11) is 3.00. The van der Waals surface area contributed by atoms with Crippen molar-refractivity contribution >= 4 is 17.8 Å². The zero-order valence-corrected chi connectivity index (χ0v) is 17.2. The normalized spacial score (nSPS) is 11.7. The first-order valence-corrected chi connectivity index (χ1v) is 9.59. The van der Waals surface area contributed by atoms with Crippen LogP contribution >= 0.6 is 0 Å². The van der Waals surface area contributed by atoms with Gasteiger partial charge < -0.3 is 19.9 Å². The summed E-state index contributed by atoms with van der Waals surface area (Å²) in [5.74, 6) is 0.492. The number of fused-ring (bicyclic) bond motifs is 3. The monoisotopic (exact) mass is 415 g/mol. The predicted molar refractivity (Wildman–Crippen MR) is 119 cm³/mol. The molecule has 0 bridgehead atoms. The fourth-order valence-electron chi connectivity index (χ4n) is 3.52. The summed E-state index contributed by atoms with van der Waals surface area (Å²) in [4.78, 5) is 11.1. The molecule has 0 fully saturated rings. The lowest BCUT2D eigenvalue weighted by atomic mass is 10.1. The Morgan fingerprint density at radius 3 is 1.90 bits per heavy atom. The second kappa shape index (κ2) is 8.71. The van der Waals surface area contributed by atoms with Crippen molar-refractivity contribution in [3.63, 3.8) is 0 Å². The van der Waals surface area contributed by atoms with Crippen LogP contribution in [0.4, 0.5) is 0 Å². The van der Waals surface area contributed by atoms with Crippen molar-refractivity contribution in [1.82, 2.24) is 0 Å². The Morgan fingerprint density at radius 1 is 0.903 bits per heavy atom. The fourth-order valence-corrected chi connectivity index (χ4v) is 3.52. The third-order valence-electron chi connectivity index (χ3n) is 4.86. The quantitative estimate of drug-likeness (QED) is 0.370. The summed E-state index contributed by atoms with van der Waals surface area (Å²) >= 11 is 0. The van der Waals surface area contributed by atoms with Crippen LogP contribution in [0.2, 0.25) is 0 Å². The van der Waals surface area contributed by atoms with Crippen LogP contribution in [0.3, 0.4) is 0 Å². The molecule has 7 heteroatoms. The molecule has 0 saturated carbocycles. The van der Waals surface area contributed by atoms with Crippen molar-refractivity contribution in [1.29, 1.82) is 0 Å². The molecule has 156 valence electrons. The minimum atomic E-state index is -0.595. The highest BCUT2D eigenvalue weighted by Gasteiger charge is 2.23. The molecule has 0 aliphatic heterocycles. The van der Waals surface area contributed by atoms with Crippen LogP contribution in [0, 0.1) is 0 Å². The Labute approximate surface area is 179 Å². The standard InChI is InChI=1S/C24H21N3O4/c1-29-20-11-15(12-21(30-2)24(20)31-14-22(25)28)13-26-27-23-18-9-5-3-7-16(18)17-8-4-6-10-19(17)23/h3-13H,14H2,1-2H3,(H2,25,28)/b26-13-. The molecular formula is C24H21N3O4. The van der Waals surface area contributed by atoms with Gasteiger partial charge in [-0.1, -0.05) is 48.5 Å². The molecule has 4 rings (SSSR count). The van der Waals surface area contributed by atoms with Crippen LogP contribution in [0.15, 0.2) is 70.9 Å². The Morgan fingerprint density at radius 2 is 1.42 bits per heavy atom. The number of methoxy groups -OCH3 is 2. The summed E-state index contributed by atoms with van der Waals surface area (Å²) in [6.07, 6.45) is 1.61. The number of amides is 1. The molecule has 0 unspecified atom stereocenters. The average Bonchev–Trinajstić information content (AvgIpc) is 3.11. The van der Waals surface area contributed by atoms with Gasteiger partial charge in [0.1, 0.15) is 5.71 Å². The summed E-state index contributed by atoms with van der Waals surface area (Å²) in [6, 6.07) is 19.7. The number of hydrogen-bond donors (Lipinski definition) is 1. The molecule has 0 atom stereocenters. The number of carbonyl (C=O) groups excluding carboxylic acids is 1. The topological polar surface area (TPSA) is 95.5 Å². The van der Waals surface area contributed by atoms with E-state index in [1.807, 2.05) is 36.4 Å². The number of hydrogen-bond acceptors (Lipinski definition) is 6. The molecular weight excluding hydrogens is 394 g/mol. The van der Waals surface area contributed by atoms with Crippen LogP contribution < -0.4 is 19.9 Å². The molecule has 0 heterocycles. The van der Waals surface area contributed by atoms with E-state index in [2.05, 4.69) is 22.3 Å². The van der Waals surface area contributed by atoms with E-state index in [0.29, 0.717) is 22.8 Å². The van der Waals surface area contributed by atoms with E-state index in [9.17, 15) is 4.79 Å². The number of nitrogens with zero attached hydrogens (tertiary/aromatic N) is 2. The van der Waals surface area contributed by atoms with Crippen molar-refractivity contribution in [2.75, 3.05) is 20.8 Å². The molecule has 1 aliphatic carbocycles. The molecule has 1 amide bonds. The van der Waals surface area contributed by atoms with Crippen molar-refractivity contribution < 1.29 is 19.0 Å². The third kappa shape index (κ3) is 3.98. The van der Waals surface area contributed by atoms with E-state index in [4.69, 9.17) is 19.9 Å². The molecule has 0 saturated heterocycles. The second-order valence-electron chi connectivity index (χ2n) is 6.79. The van der Waals surface area contributed by atoms with Gasteiger partial charge in [0.25, 0.3) is 5.91 Å². The number of rotatable bonds is 7. The first-order chi connectivity index (χ1) is 15.1. The van der Waals surface area contributed by atoms with E-state index in [-0.39, 0.29) is 6.61 Å². The third-order valence-corrected chi connectivity index (χ3v) is 4.86. The van der Waals surface area contributed by atoms with Gasteiger partial charge >= 0.3 is 0 Å². The van der Waals surface area contributed by atoms with E-state index in [0.717, 1.165) is 28.0 Å². The lowest BCUT2D eigenvalue weighted by Gasteiger charge is -2.14. The number of nitrogens with two attached hydrogens (primary N) is 1. The smallest absolute Gasteiger partial charge is 0.255 e. The Hall–Kier alpha value is -4.13. The first kappa shape index (κ1) is 20.2. The van der Waals surface area contributed by atoms with Crippen LogP contribution in [0.25, 0.3) is 11.1 Å². The van der Waals surface area contributed by atoms with Crippen molar-refractivity contribution in [3.05, 3.63) is 77.4 Å². The van der Waals surface area contributed by atoms with Crippen LogP contribution in [0.5, 0.6) is 17.2 Å². The maximum atomic E-state index is 11.1. The lowest BCUT2D eigenvalue weighted by Crippen LogP contribution is -2.20. The van der Waals surface area contributed by atoms with Gasteiger partial charge in [-0.15, -0.1) is 5.10 Å². The molecule has 2 N–H and O–H groups in total. The first-order valence-electron chi connectivity index (χ1n) is 9.59. The molecule has 3 aromatic carbocycles. The molecule has 7 nitrogen and oxygen atoms in total. The van der Waals surface area contributed by atoms with Gasteiger partial charge in [0.05, 0.1) is 20.4 Å². The Kier molecular flexibility index (Phi) is 5.66. The summed E-state index contributed by atoms with van der Waals surface area (Å²) < 4.78 is 16.2. The largest absolute Gasteiger partial charge is 0.493 e. The van der Waals surface area contributed by atoms with Gasteiger partial charge in [-0.25, -0.2) is 0 Å². The zero-order chi connectivity index (χ0) is 21.8.